The second-order valence-corrected chi connectivity index (χ2v) is 11.1. The van der Waals surface area contributed by atoms with Crippen molar-refractivity contribution in [3.05, 3.63) is 146 Å². The van der Waals surface area contributed by atoms with Crippen LogP contribution in [0.2, 0.25) is 0 Å². The average molecular weight is 477 g/mol. The average Bonchev–Trinajstić information content (AvgIpc) is 2.92. The molecule has 0 heterocycles. The molecule has 4 heteroatoms. The lowest BCUT2D eigenvalue weighted by Crippen LogP contribution is -2.16. The van der Waals surface area contributed by atoms with Crippen LogP contribution in [0.4, 0.5) is 0 Å². The van der Waals surface area contributed by atoms with E-state index in [4.69, 9.17) is 9.05 Å². The van der Waals surface area contributed by atoms with Gasteiger partial charge in [-0.2, -0.15) is 6.07 Å². The first-order chi connectivity index (χ1) is 16.9. The molecule has 0 spiro atoms. The third kappa shape index (κ3) is 5.54. The van der Waals surface area contributed by atoms with Gasteiger partial charge in [0.05, 0.1) is 0 Å². The maximum absolute atomic E-state index is 6.56. The third-order valence-electron chi connectivity index (χ3n) is 5.08. The molecule has 0 N–H and O–H groups in total. The fraction of sp³-hybridized carbons (Fsp3) is 0. The van der Waals surface area contributed by atoms with Crippen LogP contribution < -0.4 is 30.3 Å². The lowest BCUT2D eigenvalue weighted by Gasteiger charge is -2.25. The first-order valence-corrected chi connectivity index (χ1v) is 13.6. The van der Waals surface area contributed by atoms with Crippen molar-refractivity contribution in [3.63, 3.8) is 0 Å². The highest BCUT2D eigenvalue weighted by Crippen LogP contribution is 2.40. The fourth-order valence-electron chi connectivity index (χ4n) is 3.49. The highest BCUT2D eigenvalue weighted by atomic mass is 31.1. The van der Waals surface area contributed by atoms with E-state index in [1.165, 1.54) is 0 Å². The summed E-state index contributed by atoms with van der Waals surface area (Å²) in [5, 5.41) is 4.61. The Bertz CT molecular complexity index is 1120. The molecule has 0 aromatic heterocycles. The minimum atomic E-state index is -1.03. The van der Waals surface area contributed by atoms with E-state index in [2.05, 4.69) is 54.6 Å². The number of benzene rings is 5. The predicted octanol–water partition coefficient (Wildman–Crippen LogP) is 6.34. The molecule has 34 heavy (non-hydrogen) atoms. The number of hydrogen-bond donors (Lipinski definition) is 0. The standard InChI is InChI=1S/C30H23O2P2/c1-5-16-27(17-6-1)33(28-18-7-2-8-19-28)31-25-14-13-15-26(24-25)32-34(29-20-9-3-10-21-29)30-22-11-4-12-23-30/h1-23H/q-1. The van der Waals surface area contributed by atoms with Crippen LogP contribution in [0, 0.1) is 6.07 Å². The molecule has 166 valence electrons. The molecular weight excluding hydrogens is 454 g/mol. The van der Waals surface area contributed by atoms with Crippen molar-refractivity contribution in [2.24, 2.45) is 0 Å². The molecule has 5 rings (SSSR count). The predicted molar refractivity (Wildman–Crippen MR) is 145 cm³/mol. The summed E-state index contributed by atoms with van der Waals surface area (Å²) in [6.45, 7) is 0. The molecule has 0 atom stereocenters. The molecule has 0 aliphatic carbocycles. The van der Waals surface area contributed by atoms with Gasteiger partial charge in [-0.1, -0.05) is 127 Å². The molecule has 2 nitrogen and oxygen atoms in total. The first kappa shape index (κ1) is 22.4. The summed E-state index contributed by atoms with van der Waals surface area (Å²) in [5.41, 5.74) is 0. The lowest BCUT2D eigenvalue weighted by atomic mass is 10.3. The van der Waals surface area contributed by atoms with E-state index in [1.807, 2.05) is 91.0 Å². The zero-order valence-corrected chi connectivity index (χ0v) is 20.3. The monoisotopic (exact) mass is 477 g/mol. The van der Waals surface area contributed by atoms with Crippen LogP contribution in [0.3, 0.4) is 0 Å². The molecule has 0 fully saturated rings. The van der Waals surface area contributed by atoms with Gasteiger partial charge < -0.3 is 9.05 Å². The van der Waals surface area contributed by atoms with Gasteiger partial charge in [-0.15, -0.1) is 12.1 Å². The highest BCUT2D eigenvalue weighted by Gasteiger charge is 2.17. The third-order valence-corrected chi connectivity index (χ3v) is 8.91. The first-order valence-electron chi connectivity index (χ1n) is 11.1. The molecular formula is C30H23O2P2-. The van der Waals surface area contributed by atoms with Crippen molar-refractivity contribution in [2.75, 3.05) is 0 Å². The van der Waals surface area contributed by atoms with Crippen LogP contribution >= 0.6 is 16.3 Å². The summed E-state index contributed by atoms with van der Waals surface area (Å²) < 4.78 is 13.1. The van der Waals surface area contributed by atoms with E-state index < -0.39 is 16.3 Å². The normalized spacial score (nSPS) is 10.9. The van der Waals surface area contributed by atoms with E-state index >= 15 is 0 Å². The number of hydrogen-bond acceptors (Lipinski definition) is 2. The molecule has 0 unspecified atom stereocenters. The lowest BCUT2D eigenvalue weighted by molar-refractivity contribution is 0.599. The van der Waals surface area contributed by atoms with Gasteiger partial charge >= 0.3 is 0 Å². The van der Waals surface area contributed by atoms with Gasteiger partial charge in [0.25, 0.3) is 0 Å². The topological polar surface area (TPSA) is 18.5 Å². The van der Waals surface area contributed by atoms with Crippen LogP contribution in [-0.4, -0.2) is 0 Å². The Morgan fingerprint density at radius 3 is 0.941 bits per heavy atom. The van der Waals surface area contributed by atoms with Gasteiger partial charge in [0.2, 0.25) is 0 Å². The zero-order chi connectivity index (χ0) is 23.0. The van der Waals surface area contributed by atoms with Crippen LogP contribution in [0.15, 0.2) is 140 Å². The largest absolute Gasteiger partial charge is 0.490 e. The Balaban J connectivity index is 1.44. The van der Waals surface area contributed by atoms with Crippen LogP contribution in [0.5, 0.6) is 11.5 Å². The molecule has 5 aromatic carbocycles. The Morgan fingerprint density at radius 2 is 0.647 bits per heavy atom. The van der Waals surface area contributed by atoms with Crippen molar-refractivity contribution >= 4 is 37.5 Å². The SMILES string of the molecule is [c-]1c(OP(c2ccccc2)c2ccccc2)cccc1OP(c1ccccc1)c1ccccc1. The molecule has 0 amide bonds. The summed E-state index contributed by atoms with van der Waals surface area (Å²) in [7, 11) is -2.06. The van der Waals surface area contributed by atoms with Crippen LogP contribution in [-0.2, 0) is 0 Å². The molecule has 0 bridgehead atoms. The van der Waals surface area contributed by atoms with Crippen molar-refractivity contribution in [1.82, 2.24) is 0 Å². The van der Waals surface area contributed by atoms with E-state index in [0.29, 0.717) is 11.5 Å². The van der Waals surface area contributed by atoms with Gasteiger partial charge in [-0.25, -0.2) is 0 Å². The number of rotatable bonds is 8. The molecule has 0 saturated carbocycles. The molecule has 5 aromatic rings. The van der Waals surface area contributed by atoms with Crippen molar-refractivity contribution < 1.29 is 9.05 Å². The van der Waals surface area contributed by atoms with E-state index in [1.54, 1.807) is 0 Å². The molecule has 0 aliphatic rings. The Kier molecular flexibility index (Phi) is 7.31. The maximum Gasteiger partial charge on any atom is 0.147 e. The van der Waals surface area contributed by atoms with Crippen molar-refractivity contribution in [2.45, 2.75) is 0 Å². The summed E-state index contributed by atoms with van der Waals surface area (Å²) in [4.78, 5) is 0. The molecule has 0 saturated heterocycles. The van der Waals surface area contributed by atoms with Crippen LogP contribution in [0.1, 0.15) is 0 Å². The minimum Gasteiger partial charge on any atom is -0.490 e. The van der Waals surface area contributed by atoms with Gasteiger partial charge in [0.15, 0.2) is 0 Å². The summed E-state index contributed by atoms with van der Waals surface area (Å²) in [6.07, 6.45) is 0. The Morgan fingerprint density at radius 1 is 0.353 bits per heavy atom. The fourth-order valence-corrected chi connectivity index (χ4v) is 6.89. The Labute approximate surface area is 203 Å². The quantitative estimate of drug-likeness (QED) is 0.192. The summed E-state index contributed by atoms with van der Waals surface area (Å²) >= 11 is 0. The zero-order valence-electron chi connectivity index (χ0n) is 18.5. The summed E-state index contributed by atoms with van der Waals surface area (Å²) in [6, 6.07) is 50.6. The van der Waals surface area contributed by atoms with E-state index in [-0.39, 0.29) is 0 Å². The van der Waals surface area contributed by atoms with Gasteiger partial charge in [0.1, 0.15) is 16.3 Å². The van der Waals surface area contributed by atoms with Crippen molar-refractivity contribution in [1.29, 1.82) is 0 Å². The van der Waals surface area contributed by atoms with E-state index in [9.17, 15) is 0 Å². The maximum atomic E-state index is 6.56. The van der Waals surface area contributed by atoms with Crippen LogP contribution in [0.25, 0.3) is 0 Å². The summed E-state index contributed by atoms with van der Waals surface area (Å²) in [5.74, 6) is 1.35. The van der Waals surface area contributed by atoms with Gasteiger partial charge in [-0.3, -0.25) is 0 Å². The smallest absolute Gasteiger partial charge is 0.147 e. The minimum absolute atomic E-state index is 0.674. The molecule has 0 aliphatic heterocycles. The highest BCUT2D eigenvalue weighted by molar-refractivity contribution is 7.69. The van der Waals surface area contributed by atoms with Gasteiger partial charge in [-0.05, 0) is 0 Å². The second kappa shape index (κ2) is 11.1. The molecule has 0 radical (unpaired) electrons. The second-order valence-electron chi connectivity index (χ2n) is 7.49. The van der Waals surface area contributed by atoms with Gasteiger partial charge in [0, 0.05) is 32.7 Å². The van der Waals surface area contributed by atoms with E-state index in [0.717, 1.165) is 21.2 Å². The van der Waals surface area contributed by atoms with Crippen molar-refractivity contribution in [3.8, 4) is 11.5 Å². The Hall–Kier alpha value is -3.44.